The summed E-state index contributed by atoms with van der Waals surface area (Å²) in [7, 11) is -1.37. The quantitative estimate of drug-likeness (QED) is 0.526. The number of aliphatic carboxylic acids is 1. The Labute approximate surface area is 152 Å². The number of carbonyl (C=O) groups excluding carboxylic acids is 3. The van der Waals surface area contributed by atoms with E-state index in [-0.39, 0.29) is 12.3 Å². The monoisotopic (exact) mass is 388 g/mol. The number of aliphatic hydroxyl groups excluding tert-OH is 1. The molecule has 0 aliphatic carbocycles. The van der Waals surface area contributed by atoms with Crippen molar-refractivity contribution in [1.82, 2.24) is 9.80 Å². The van der Waals surface area contributed by atoms with Gasteiger partial charge in [-0.1, -0.05) is 0 Å². The zero-order valence-electron chi connectivity index (χ0n) is 15.0. The normalized spacial score (nSPS) is 37.5. The number of nitrogens with zero attached hydrogens (tertiary/aromatic N) is 2. The van der Waals surface area contributed by atoms with Crippen LogP contribution in [0.4, 0.5) is 4.79 Å². The smallest absolute Gasteiger partial charge is 0.328 e. The molecule has 10 heteroatoms. The molecule has 3 rings (SSSR count). The van der Waals surface area contributed by atoms with Crippen molar-refractivity contribution in [3.63, 3.8) is 0 Å². The van der Waals surface area contributed by atoms with Crippen molar-refractivity contribution in [3.8, 4) is 0 Å². The minimum Gasteiger partial charge on any atom is -0.480 e. The number of hydrogen-bond acceptors (Lipinski definition) is 6. The molecule has 2 amide bonds. The molecule has 3 aliphatic rings. The van der Waals surface area contributed by atoms with E-state index >= 15 is 0 Å². The number of esters is 1. The van der Waals surface area contributed by atoms with Gasteiger partial charge in [-0.25, -0.2) is 9.59 Å². The number of carboxylic acids is 1. The van der Waals surface area contributed by atoms with Crippen LogP contribution >= 0.6 is 10.0 Å². The first-order valence-electron chi connectivity index (χ1n) is 8.48. The lowest BCUT2D eigenvalue weighted by Gasteiger charge is -2.51. The molecule has 0 radical (unpaired) electrons. The number of rotatable bonds is 3. The molecule has 4 atom stereocenters. The molecule has 0 aromatic carbocycles. The third-order valence-corrected chi connectivity index (χ3v) is 10.7. The maximum Gasteiger partial charge on any atom is 0.328 e. The summed E-state index contributed by atoms with van der Waals surface area (Å²) in [6, 6.07) is -1.90. The van der Waals surface area contributed by atoms with Crippen molar-refractivity contribution in [3.05, 3.63) is 0 Å². The summed E-state index contributed by atoms with van der Waals surface area (Å²) in [5, 5.41) is 19.0. The van der Waals surface area contributed by atoms with E-state index in [2.05, 4.69) is 0 Å². The van der Waals surface area contributed by atoms with Crippen molar-refractivity contribution < 1.29 is 34.1 Å². The van der Waals surface area contributed by atoms with E-state index in [0.29, 0.717) is 19.4 Å². The summed E-state index contributed by atoms with van der Waals surface area (Å²) in [4.78, 5) is 52.2. The number of aliphatic hydroxyl groups is 1. The molecule has 0 spiro atoms. The zero-order chi connectivity index (χ0) is 19.4. The fourth-order valence-corrected chi connectivity index (χ4v) is 8.88. The van der Waals surface area contributed by atoms with Gasteiger partial charge in [0.05, 0.1) is 24.8 Å². The van der Waals surface area contributed by atoms with Crippen LogP contribution < -0.4 is 0 Å². The summed E-state index contributed by atoms with van der Waals surface area (Å²) in [6.45, 7) is 3.61. The van der Waals surface area contributed by atoms with Gasteiger partial charge in [0.15, 0.2) is 0 Å². The Balaban J connectivity index is 2.05. The van der Waals surface area contributed by atoms with Crippen LogP contribution in [0.15, 0.2) is 0 Å². The van der Waals surface area contributed by atoms with Gasteiger partial charge in [0.25, 0.3) is 5.24 Å². The van der Waals surface area contributed by atoms with Crippen LogP contribution in [0.2, 0.25) is 0 Å². The molecule has 0 saturated carbocycles. The second-order valence-electron chi connectivity index (χ2n) is 7.37. The van der Waals surface area contributed by atoms with Crippen LogP contribution in [0, 0.1) is 0 Å². The topological polar surface area (TPSA) is 124 Å². The van der Waals surface area contributed by atoms with Gasteiger partial charge in [-0.2, -0.15) is 0 Å². The molecule has 146 valence electrons. The first-order chi connectivity index (χ1) is 12.1. The Morgan fingerprint density at radius 2 is 2.00 bits per heavy atom. The third-order valence-electron chi connectivity index (χ3n) is 6.00. The Hall–Kier alpha value is -1.81. The van der Waals surface area contributed by atoms with Gasteiger partial charge in [-0.15, -0.1) is 10.0 Å². The average Bonchev–Trinajstić information content (AvgIpc) is 3.12. The van der Waals surface area contributed by atoms with E-state index in [1.165, 1.54) is 16.9 Å². The van der Waals surface area contributed by atoms with Gasteiger partial charge in [0.2, 0.25) is 5.91 Å². The maximum atomic E-state index is 13.6. The number of likely N-dealkylation sites (tertiary alicyclic amines) is 1. The summed E-state index contributed by atoms with van der Waals surface area (Å²) in [5.74, 6) is -2.54. The number of amides is 2. The standard InChI is InChI=1S/C16H24N2O7S/c1-16(2)12(13(21)22)18-10(20)7-11(18)26(16,8-19)15(24)17-6-4-5-9(17)14(23)25-3/h9,11-12,19H,4-8H2,1-3H3,(H,21,22)/t9-,11+,12-/m0/s1. The molecule has 0 aromatic heterocycles. The maximum absolute atomic E-state index is 13.6. The fraction of sp³-hybridized carbons (Fsp3) is 0.750. The Bertz CT molecular complexity index is 682. The minimum absolute atomic E-state index is 0.0472. The number of fused-ring (bicyclic) bond motifs is 1. The number of hydrogen-bond donors (Lipinski definition) is 2. The predicted octanol–water partition coefficient (Wildman–Crippen LogP) is 0.302. The van der Waals surface area contributed by atoms with Gasteiger partial charge in [-0.3, -0.25) is 9.59 Å². The lowest BCUT2D eigenvalue weighted by molar-refractivity contribution is -0.157. The average molecular weight is 388 g/mol. The Morgan fingerprint density at radius 3 is 2.46 bits per heavy atom. The lowest BCUT2D eigenvalue weighted by Crippen LogP contribution is -2.57. The minimum atomic E-state index is -2.62. The summed E-state index contributed by atoms with van der Waals surface area (Å²) < 4.78 is 3.67. The first kappa shape index (κ1) is 19.0. The second-order valence-corrected chi connectivity index (χ2v) is 11.2. The highest BCUT2D eigenvalue weighted by atomic mass is 32.3. The molecule has 3 heterocycles. The van der Waals surface area contributed by atoms with Crippen molar-refractivity contribution in [2.24, 2.45) is 0 Å². The molecule has 9 nitrogen and oxygen atoms in total. The number of carboxylic acid groups (broad SMARTS) is 1. The number of ether oxygens (including phenoxy) is 1. The number of methoxy groups -OCH3 is 1. The molecule has 3 aliphatic heterocycles. The molecule has 0 aromatic rings. The van der Waals surface area contributed by atoms with Crippen LogP contribution in [0.3, 0.4) is 0 Å². The van der Waals surface area contributed by atoms with Crippen molar-refractivity contribution in [2.75, 3.05) is 19.6 Å². The van der Waals surface area contributed by atoms with Gasteiger partial charge >= 0.3 is 11.9 Å². The highest BCUT2D eigenvalue weighted by Crippen LogP contribution is 2.74. The van der Waals surface area contributed by atoms with E-state index in [1.54, 1.807) is 13.8 Å². The van der Waals surface area contributed by atoms with Crippen molar-refractivity contribution in [1.29, 1.82) is 0 Å². The Kier molecular flexibility index (Phi) is 4.47. The molecule has 1 unspecified atom stereocenters. The van der Waals surface area contributed by atoms with Crippen LogP contribution in [0.25, 0.3) is 0 Å². The number of carbonyl (C=O) groups is 4. The predicted molar refractivity (Wildman–Crippen MR) is 92.6 cm³/mol. The van der Waals surface area contributed by atoms with Gasteiger partial charge in [-0.05, 0) is 26.7 Å². The molecular weight excluding hydrogens is 364 g/mol. The van der Waals surface area contributed by atoms with E-state index in [0.717, 1.165) is 0 Å². The summed E-state index contributed by atoms with van der Waals surface area (Å²) >= 11 is 0. The molecule has 0 bridgehead atoms. The van der Waals surface area contributed by atoms with Gasteiger partial charge < -0.3 is 24.7 Å². The highest BCUT2D eigenvalue weighted by Gasteiger charge is 2.72. The summed E-state index contributed by atoms with van der Waals surface area (Å²) in [6.07, 6.45) is 1.14. The van der Waals surface area contributed by atoms with E-state index in [9.17, 15) is 29.4 Å². The van der Waals surface area contributed by atoms with Crippen LogP contribution in [0.1, 0.15) is 33.1 Å². The first-order valence-corrected chi connectivity index (χ1v) is 10.3. The van der Waals surface area contributed by atoms with E-state index < -0.39 is 55.3 Å². The van der Waals surface area contributed by atoms with Crippen molar-refractivity contribution >= 4 is 33.1 Å². The zero-order valence-corrected chi connectivity index (χ0v) is 15.8. The van der Waals surface area contributed by atoms with Gasteiger partial charge in [0, 0.05) is 11.3 Å². The SMILES string of the molecule is COC(=O)[C@@H]1CCCN1C(=O)S1(CO)[C@@H]2CC(=O)N2[C@@H](C(=O)O)C1(C)C. The van der Waals surface area contributed by atoms with Crippen LogP contribution in [0.5, 0.6) is 0 Å². The molecule has 2 N–H and O–H groups in total. The molecule has 3 saturated heterocycles. The summed E-state index contributed by atoms with van der Waals surface area (Å²) in [5.41, 5.74) is 0. The van der Waals surface area contributed by atoms with Gasteiger partial charge in [0.1, 0.15) is 12.1 Å². The van der Waals surface area contributed by atoms with Crippen LogP contribution in [-0.4, -0.2) is 84.9 Å². The van der Waals surface area contributed by atoms with E-state index in [4.69, 9.17) is 4.74 Å². The largest absolute Gasteiger partial charge is 0.480 e. The molecular formula is C16H24N2O7S. The third kappa shape index (κ3) is 2.14. The van der Waals surface area contributed by atoms with Crippen molar-refractivity contribution in [2.45, 2.75) is 55.3 Å². The molecule has 26 heavy (non-hydrogen) atoms. The Morgan fingerprint density at radius 1 is 1.35 bits per heavy atom. The lowest BCUT2D eigenvalue weighted by atomic mass is 9.98. The fourth-order valence-electron chi connectivity index (χ4n) is 4.57. The second kappa shape index (κ2) is 6.12. The molecule has 3 fully saturated rings. The highest BCUT2D eigenvalue weighted by molar-refractivity contribution is 8.46. The number of β-lactam (4-membered cyclic amide) rings is 1. The van der Waals surface area contributed by atoms with Crippen LogP contribution in [-0.2, 0) is 19.1 Å². The van der Waals surface area contributed by atoms with E-state index in [1.807, 2.05) is 0 Å².